The molecule has 0 saturated heterocycles. The Labute approximate surface area is 229 Å². The number of benzene rings is 3. The summed E-state index contributed by atoms with van der Waals surface area (Å²) in [5.41, 5.74) is 6.92. The predicted octanol–water partition coefficient (Wildman–Crippen LogP) is 5.75. The fourth-order valence-corrected chi connectivity index (χ4v) is 6.94. The second-order valence-corrected chi connectivity index (χ2v) is 11.8. The number of para-hydroxylation sites is 1. The zero-order valence-corrected chi connectivity index (χ0v) is 23.5. The number of methoxy groups -OCH3 is 1. The Morgan fingerprint density at radius 3 is 2.44 bits per heavy atom. The summed E-state index contributed by atoms with van der Waals surface area (Å²) in [5.74, 6) is 0.521. The van der Waals surface area contributed by atoms with Crippen molar-refractivity contribution in [2.75, 3.05) is 25.5 Å². The van der Waals surface area contributed by atoms with E-state index in [1.54, 1.807) is 25.3 Å². The maximum atomic E-state index is 13.6. The summed E-state index contributed by atoms with van der Waals surface area (Å²) in [6, 6.07) is 21.5. The van der Waals surface area contributed by atoms with Gasteiger partial charge in [0.25, 0.3) is 0 Å². The highest BCUT2D eigenvalue weighted by Crippen LogP contribution is 2.36. The van der Waals surface area contributed by atoms with Gasteiger partial charge in [-0.15, -0.1) is 0 Å². The van der Waals surface area contributed by atoms with E-state index in [9.17, 15) is 13.2 Å². The van der Waals surface area contributed by atoms with Gasteiger partial charge in [0, 0.05) is 48.7 Å². The van der Waals surface area contributed by atoms with E-state index in [2.05, 4.69) is 41.1 Å². The minimum atomic E-state index is -3.80. The highest BCUT2D eigenvalue weighted by molar-refractivity contribution is 7.89. The third-order valence-corrected chi connectivity index (χ3v) is 9.19. The molecule has 0 radical (unpaired) electrons. The van der Waals surface area contributed by atoms with Crippen LogP contribution in [0.4, 0.5) is 5.69 Å². The van der Waals surface area contributed by atoms with Crippen LogP contribution in [0.1, 0.15) is 35.7 Å². The first kappa shape index (κ1) is 26.7. The lowest BCUT2D eigenvalue weighted by molar-refractivity contribution is -0.114. The summed E-state index contributed by atoms with van der Waals surface area (Å²) < 4.78 is 36.4. The van der Waals surface area contributed by atoms with E-state index in [0.29, 0.717) is 18.7 Å². The van der Waals surface area contributed by atoms with Gasteiger partial charge >= 0.3 is 0 Å². The number of anilines is 1. The van der Waals surface area contributed by atoms with E-state index >= 15 is 0 Å². The Kier molecular flexibility index (Phi) is 7.34. The molecular weight excluding hydrogens is 510 g/mol. The summed E-state index contributed by atoms with van der Waals surface area (Å²) in [4.78, 5) is 11.8. The molecule has 4 aromatic rings. The number of aryl methyl sites for hydroxylation is 1. The average Bonchev–Trinajstić information content (AvgIpc) is 3.20. The Morgan fingerprint density at radius 1 is 1.03 bits per heavy atom. The molecule has 5 rings (SSSR count). The maximum Gasteiger partial charge on any atom is 0.245 e. The lowest BCUT2D eigenvalue weighted by atomic mass is 9.97. The first-order valence-electron chi connectivity index (χ1n) is 13.0. The van der Waals surface area contributed by atoms with Gasteiger partial charge in [0.05, 0.1) is 12.8 Å². The van der Waals surface area contributed by atoms with Crippen molar-refractivity contribution in [3.05, 3.63) is 95.2 Å². The molecule has 0 aliphatic carbocycles. The number of sulfonamides is 1. The number of hydrogen-bond donors (Lipinski definition) is 1. The van der Waals surface area contributed by atoms with Gasteiger partial charge in [0.2, 0.25) is 15.9 Å². The summed E-state index contributed by atoms with van der Waals surface area (Å²) in [7, 11) is -2.14. The Balaban J connectivity index is 1.47. The minimum absolute atomic E-state index is 0.127. The fourth-order valence-electron chi connectivity index (χ4n) is 5.32. The zero-order valence-electron chi connectivity index (χ0n) is 22.7. The van der Waals surface area contributed by atoms with Crippen LogP contribution in [-0.4, -0.2) is 43.4 Å². The average molecular weight is 544 g/mol. The number of amides is 1. The normalized spacial score (nSPS) is 14.3. The molecule has 202 valence electrons. The second kappa shape index (κ2) is 10.7. The van der Waals surface area contributed by atoms with Gasteiger partial charge in [0.1, 0.15) is 10.6 Å². The van der Waals surface area contributed by atoms with Crippen molar-refractivity contribution in [3.63, 3.8) is 0 Å². The lowest BCUT2D eigenvalue weighted by Crippen LogP contribution is -2.35. The minimum Gasteiger partial charge on any atom is -0.497 e. The Bertz CT molecular complexity index is 1690. The van der Waals surface area contributed by atoms with Gasteiger partial charge in [-0.3, -0.25) is 4.79 Å². The van der Waals surface area contributed by atoms with Gasteiger partial charge in [-0.25, -0.2) is 8.42 Å². The monoisotopic (exact) mass is 543 g/mol. The van der Waals surface area contributed by atoms with Crippen LogP contribution in [0.3, 0.4) is 0 Å². The van der Waals surface area contributed by atoms with E-state index in [-0.39, 0.29) is 17.3 Å². The molecule has 0 atom stereocenters. The first-order valence-corrected chi connectivity index (χ1v) is 14.4. The first-order chi connectivity index (χ1) is 18.7. The number of aromatic nitrogens is 1. The number of ether oxygens (including phenoxy) is 1. The molecule has 0 spiro atoms. The predicted molar refractivity (Wildman–Crippen MR) is 156 cm³/mol. The van der Waals surface area contributed by atoms with Crippen molar-refractivity contribution < 1.29 is 17.9 Å². The molecule has 7 nitrogen and oxygen atoms in total. The van der Waals surface area contributed by atoms with Crippen molar-refractivity contribution in [2.24, 2.45) is 0 Å². The molecule has 2 heterocycles. The quantitative estimate of drug-likeness (QED) is 0.322. The molecule has 0 unspecified atom stereocenters. The standard InChI is InChI=1S/C31H33N3O4S/c1-21-9-14-28(32-23(3)35)30(19-21)39(36,37)33-17-15-25(16-18-33)31-22(2)34(29-8-6-5-7-27(29)31)20-24-10-12-26(38-4)13-11-24/h5-15,19H,16-18,20H2,1-4H3,(H,32,35). The Hall–Kier alpha value is -3.88. The number of fused-ring (bicyclic) bond motifs is 1. The molecule has 3 aromatic carbocycles. The summed E-state index contributed by atoms with van der Waals surface area (Å²) in [6.07, 6.45) is 2.62. The fraction of sp³-hybridized carbons (Fsp3) is 0.258. The van der Waals surface area contributed by atoms with Crippen LogP contribution in [-0.2, 0) is 21.4 Å². The second-order valence-electron chi connectivity index (χ2n) is 9.93. The van der Waals surface area contributed by atoms with Crippen LogP contribution < -0.4 is 10.1 Å². The van der Waals surface area contributed by atoms with Crippen LogP contribution >= 0.6 is 0 Å². The number of rotatable bonds is 7. The number of carbonyl (C=O) groups is 1. The molecule has 1 aliphatic heterocycles. The third kappa shape index (κ3) is 5.22. The maximum absolute atomic E-state index is 13.6. The van der Waals surface area contributed by atoms with E-state index in [0.717, 1.165) is 40.0 Å². The summed E-state index contributed by atoms with van der Waals surface area (Å²) in [6.45, 7) is 6.70. The summed E-state index contributed by atoms with van der Waals surface area (Å²) >= 11 is 0. The van der Waals surface area contributed by atoms with Crippen LogP contribution in [0.5, 0.6) is 5.75 Å². The van der Waals surface area contributed by atoms with Gasteiger partial charge in [-0.05, 0) is 67.3 Å². The number of nitrogens with one attached hydrogen (secondary N) is 1. The van der Waals surface area contributed by atoms with Crippen molar-refractivity contribution in [1.82, 2.24) is 8.87 Å². The van der Waals surface area contributed by atoms with E-state index in [1.807, 2.05) is 37.3 Å². The zero-order chi connectivity index (χ0) is 27.7. The van der Waals surface area contributed by atoms with E-state index < -0.39 is 10.0 Å². The molecule has 39 heavy (non-hydrogen) atoms. The molecule has 8 heteroatoms. The highest BCUT2D eigenvalue weighted by atomic mass is 32.2. The topological polar surface area (TPSA) is 80.6 Å². The molecular formula is C31H33N3O4S. The van der Waals surface area contributed by atoms with Gasteiger partial charge in [-0.1, -0.05) is 42.5 Å². The van der Waals surface area contributed by atoms with Crippen LogP contribution in [0, 0.1) is 13.8 Å². The SMILES string of the molecule is COc1ccc(Cn2c(C)c(C3=CCN(S(=O)(=O)c4cc(C)ccc4NC(C)=O)CC3)c3ccccc32)cc1. The molecule has 0 bridgehead atoms. The molecule has 0 fully saturated rings. The molecule has 1 N–H and O–H groups in total. The highest BCUT2D eigenvalue weighted by Gasteiger charge is 2.30. The summed E-state index contributed by atoms with van der Waals surface area (Å²) in [5, 5.41) is 3.83. The third-order valence-electron chi connectivity index (χ3n) is 7.29. The lowest BCUT2D eigenvalue weighted by Gasteiger charge is -2.27. The number of nitrogens with zero attached hydrogens (tertiary/aromatic N) is 2. The van der Waals surface area contributed by atoms with Crippen molar-refractivity contribution >= 4 is 38.1 Å². The number of hydrogen-bond acceptors (Lipinski definition) is 4. The smallest absolute Gasteiger partial charge is 0.245 e. The Morgan fingerprint density at radius 2 is 1.77 bits per heavy atom. The van der Waals surface area contributed by atoms with E-state index in [4.69, 9.17) is 4.74 Å². The number of carbonyl (C=O) groups excluding carboxylic acids is 1. The molecule has 1 amide bonds. The van der Waals surface area contributed by atoms with Gasteiger partial charge in [-0.2, -0.15) is 4.31 Å². The van der Waals surface area contributed by atoms with Crippen molar-refractivity contribution in [2.45, 2.75) is 38.6 Å². The molecule has 1 aliphatic rings. The van der Waals surface area contributed by atoms with Crippen LogP contribution in [0.25, 0.3) is 16.5 Å². The van der Waals surface area contributed by atoms with Gasteiger partial charge < -0.3 is 14.6 Å². The van der Waals surface area contributed by atoms with Crippen molar-refractivity contribution in [1.29, 1.82) is 0 Å². The molecule has 1 aromatic heterocycles. The van der Waals surface area contributed by atoms with Gasteiger partial charge in [0.15, 0.2) is 0 Å². The van der Waals surface area contributed by atoms with Crippen molar-refractivity contribution in [3.8, 4) is 5.75 Å². The molecule has 0 saturated carbocycles. The van der Waals surface area contributed by atoms with E-state index in [1.165, 1.54) is 22.4 Å². The van der Waals surface area contributed by atoms with Crippen LogP contribution in [0.2, 0.25) is 0 Å². The largest absolute Gasteiger partial charge is 0.497 e. The van der Waals surface area contributed by atoms with Crippen LogP contribution in [0.15, 0.2) is 77.7 Å².